The summed E-state index contributed by atoms with van der Waals surface area (Å²) < 4.78 is 34.6. The largest absolute Gasteiger partial charge is 0.352 e. The van der Waals surface area contributed by atoms with E-state index in [1.165, 1.54) is 0 Å². The molecule has 1 aromatic carbocycles. The number of sulfonamides is 1. The maximum atomic E-state index is 13.3. The predicted octanol–water partition coefficient (Wildman–Crippen LogP) is 0.142. The lowest BCUT2D eigenvalue weighted by molar-refractivity contribution is -0.387. The molecule has 0 bridgehead atoms. The van der Waals surface area contributed by atoms with Crippen molar-refractivity contribution in [1.82, 2.24) is 5.32 Å². The summed E-state index contributed by atoms with van der Waals surface area (Å²) in [6.45, 7) is 0.0356. The number of nitro groups is 1. The summed E-state index contributed by atoms with van der Waals surface area (Å²) >= 11 is 0. The standard InChI is InChI=1S/C10H12FN3O5S/c11-8-6-7(2-3-9(8)14(16)17)10(15)13-4-1-5-20(12,18)19/h2-3,6H,1,4-5H2,(H,13,15)(H2,12,18,19). The van der Waals surface area contributed by atoms with Crippen LogP contribution in [0, 0.1) is 15.9 Å². The number of hydrogen-bond donors (Lipinski definition) is 2. The highest BCUT2D eigenvalue weighted by molar-refractivity contribution is 7.89. The van der Waals surface area contributed by atoms with E-state index in [9.17, 15) is 27.7 Å². The monoisotopic (exact) mass is 305 g/mol. The molecule has 0 radical (unpaired) electrons. The molecule has 10 heteroatoms. The van der Waals surface area contributed by atoms with Gasteiger partial charge in [-0.1, -0.05) is 0 Å². The fraction of sp³-hybridized carbons (Fsp3) is 0.300. The fourth-order valence-corrected chi connectivity index (χ4v) is 1.92. The van der Waals surface area contributed by atoms with Crippen LogP contribution in [0.25, 0.3) is 0 Å². The van der Waals surface area contributed by atoms with Crippen molar-refractivity contribution in [3.05, 3.63) is 39.7 Å². The lowest BCUT2D eigenvalue weighted by Crippen LogP contribution is -2.27. The first kappa shape index (κ1) is 16.0. The number of rotatable bonds is 6. The molecule has 1 rings (SSSR count). The SMILES string of the molecule is NS(=O)(=O)CCCNC(=O)c1ccc([N+](=O)[O-])c(F)c1. The van der Waals surface area contributed by atoms with Gasteiger partial charge in [0.25, 0.3) is 5.91 Å². The summed E-state index contributed by atoms with van der Waals surface area (Å²) in [4.78, 5) is 21.1. The Hall–Kier alpha value is -2.07. The molecule has 0 unspecified atom stereocenters. The van der Waals surface area contributed by atoms with Gasteiger partial charge in [0.1, 0.15) is 0 Å². The highest BCUT2D eigenvalue weighted by Crippen LogP contribution is 2.17. The van der Waals surface area contributed by atoms with Crippen molar-refractivity contribution in [3.63, 3.8) is 0 Å². The number of primary sulfonamides is 1. The molecular weight excluding hydrogens is 293 g/mol. The van der Waals surface area contributed by atoms with Gasteiger partial charge in [0.2, 0.25) is 15.8 Å². The summed E-state index contributed by atoms with van der Waals surface area (Å²) in [7, 11) is -3.59. The highest BCUT2D eigenvalue weighted by Gasteiger charge is 2.16. The molecule has 0 fully saturated rings. The summed E-state index contributed by atoms with van der Waals surface area (Å²) in [6, 6.07) is 2.73. The smallest absolute Gasteiger partial charge is 0.304 e. The van der Waals surface area contributed by atoms with Crippen LogP contribution >= 0.6 is 0 Å². The second kappa shape index (κ2) is 6.39. The van der Waals surface area contributed by atoms with Gasteiger partial charge in [-0.15, -0.1) is 0 Å². The topological polar surface area (TPSA) is 132 Å². The lowest BCUT2D eigenvalue weighted by Gasteiger charge is -2.05. The van der Waals surface area contributed by atoms with Crippen molar-refractivity contribution in [2.45, 2.75) is 6.42 Å². The number of nitrogens with one attached hydrogen (secondary N) is 1. The normalized spacial score (nSPS) is 11.1. The highest BCUT2D eigenvalue weighted by atomic mass is 32.2. The molecule has 0 aliphatic heterocycles. The fourth-order valence-electron chi connectivity index (χ4n) is 1.37. The number of benzene rings is 1. The van der Waals surface area contributed by atoms with Crippen LogP contribution < -0.4 is 10.5 Å². The van der Waals surface area contributed by atoms with Crippen LogP contribution in [-0.4, -0.2) is 31.5 Å². The molecule has 20 heavy (non-hydrogen) atoms. The van der Waals surface area contributed by atoms with Gasteiger partial charge in [-0.05, 0) is 18.6 Å². The molecular formula is C10H12FN3O5S. The molecule has 0 aliphatic carbocycles. The van der Waals surface area contributed by atoms with E-state index in [0.29, 0.717) is 0 Å². The third kappa shape index (κ3) is 4.90. The number of nitrogens with zero attached hydrogens (tertiary/aromatic N) is 1. The van der Waals surface area contributed by atoms with Crippen LogP contribution in [0.4, 0.5) is 10.1 Å². The van der Waals surface area contributed by atoms with E-state index in [4.69, 9.17) is 5.14 Å². The van der Waals surface area contributed by atoms with Gasteiger partial charge >= 0.3 is 5.69 Å². The zero-order chi connectivity index (χ0) is 15.3. The molecule has 0 aliphatic rings. The molecule has 110 valence electrons. The third-order valence-corrected chi connectivity index (χ3v) is 3.16. The van der Waals surface area contributed by atoms with Crippen molar-refractivity contribution in [2.75, 3.05) is 12.3 Å². The van der Waals surface area contributed by atoms with Crippen molar-refractivity contribution < 1.29 is 22.5 Å². The first-order chi connectivity index (χ1) is 9.20. The molecule has 0 aromatic heterocycles. The molecule has 8 nitrogen and oxygen atoms in total. The Bertz CT molecular complexity index is 632. The molecule has 0 saturated carbocycles. The molecule has 3 N–H and O–H groups in total. The number of nitrogens with two attached hydrogens (primary N) is 1. The second-order valence-electron chi connectivity index (χ2n) is 3.90. The van der Waals surface area contributed by atoms with Gasteiger partial charge in [0, 0.05) is 18.2 Å². The maximum Gasteiger partial charge on any atom is 0.304 e. The van der Waals surface area contributed by atoms with Crippen LogP contribution in [0.5, 0.6) is 0 Å². The summed E-state index contributed by atoms with van der Waals surface area (Å²) in [5.74, 6) is -2.07. The van der Waals surface area contributed by atoms with Crippen LogP contribution in [0.3, 0.4) is 0 Å². The molecule has 0 atom stereocenters. The summed E-state index contributed by atoms with van der Waals surface area (Å²) in [6.07, 6.45) is 0.111. The number of carbonyl (C=O) groups excluding carboxylic acids is 1. The van der Waals surface area contributed by atoms with Gasteiger partial charge in [-0.25, -0.2) is 13.6 Å². The van der Waals surface area contributed by atoms with E-state index in [2.05, 4.69) is 5.32 Å². The number of amides is 1. The number of nitro benzene ring substituents is 1. The van der Waals surface area contributed by atoms with Crippen molar-refractivity contribution in [3.8, 4) is 0 Å². The average molecular weight is 305 g/mol. The van der Waals surface area contributed by atoms with Crippen LogP contribution in [0.15, 0.2) is 18.2 Å². The predicted molar refractivity (Wildman–Crippen MR) is 68.0 cm³/mol. The number of carbonyl (C=O) groups is 1. The minimum absolute atomic E-state index is 0.0356. The molecule has 1 amide bonds. The number of hydrogen-bond acceptors (Lipinski definition) is 5. The van der Waals surface area contributed by atoms with E-state index in [0.717, 1.165) is 18.2 Å². The Morgan fingerprint density at radius 1 is 1.45 bits per heavy atom. The van der Waals surface area contributed by atoms with Crippen LogP contribution in [-0.2, 0) is 10.0 Å². The Balaban J connectivity index is 2.60. The summed E-state index contributed by atoms with van der Waals surface area (Å²) in [5.41, 5.74) is -0.820. The van der Waals surface area contributed by atoms with Crippen molar-refractivity contribution >= 4 is 21.6 Å². The van der Waals surface area contributed by atoms with Gasteiger partial charge in [0.15, 0.2) is 0 Å². The average Bonchev–Trinajstić information content (AvgIpc) is 2.32. The van der Waals surface area contributed by atoms with Crippen molar-refractivity contribution in [1.29, 1.82) is 0 Å². The maximum absolute atomic E-state index is 13.3. The quantitative estimate of drug-likeness (QED) is 0.438. The minimum atomic E-state index is -3.59. The molecule has 0 heterocycles. The zero-order valence-electron chi connectivity index (χ0n) is 10.2. The van der Waals surface area contributed by atoms with Crippen LogP contribution in [0.1, 0.15) is 16.8 Å². The van der Waals surface area contributed by atoms with Gasteiger partial charge in [-0.3, -0.25) is 14.9 Å². The molecule has 0 saturated heterocycles. The van der Waals surface area contributed by atoms with E-state index in [1.807, 2.05) is 0 Å². The Labute approximate surface area is 114 Å². The summed E-state index contributed by atoms with van der Waals surface area (Å²) in [5, 5.41) is 17.5. The van der Waals surface area contributed by atoms with Crippen LogP contribution in [0.2, 0.25) is 0 Å². The zero-order valence-corrected chi connectivity index (χ0v) is 11.0. The van der Waals surface area contributed by atoms with E-state index in [-0.39, 0.29) is 24.3 Å². The third-order valence-electron chi connectivity index (χ3n) is 2.30. The minimum Gasteiger partial charge on any atom is -0.352 e. The lowest BCUT2D eigenvalue weighted by atomic mass is 10.2. The Morgan fingerprint density at radius 3 is 2.60 bits per heavy atom. The van der Waals surface area contributed by atoms with Crippen molar-refractivity contribution in [2.24, 2.45) is 5.14 Å². The first-order valence-corrected chi connectivity index (χ1v) is 7.15. The van der Waals surface area contributed by atoms with Gasteiger partial charge < -0.3 is 5.32 Å². The van der Waals surface area contributed by atoms with Gasteiger partial charge in [-0.2, -0.15) is 4.39 Å². The number of halogens is 1. The van der Waals surface area contributed by atoms with E-state index >= 15 is 0 Å². The first-order valence-electron chi connectivity index (χ1n) is 5.43. The Morgan fingerprint density at radius 2 is 2.10 bits per heavy atom. The van der Waals surface area contributed by atoms with Gasteiger partial charge in [0.05, 0.1) is 10.7 Å². The molecule has 1 aromatic rings. The van der Waals surface area contributed by atoms with E-state index < -0.39 is 32.4 Å². The van der Waals surface area contributed by atoms with E-state index in [1.54, 1.807) is 0 Å². The Kier molecular flexibility index (Phi) is 5.11. The second-order valence-corrected chi connectivity index (χ2v) is 5.63. The molecule has 0 spiro atoms.